The van der Waals surface area contributed by atoms with Crippen molar-refractivity contribution in [3.8, 4) is 0 Å². The van der Waals surface area contributed by atoms with Gasteiger partial charge in [-0.2, -0.15) is 0 Å². The molecule has 1 aliphatic rings. The normalized spacial score (nSPS) is 22.6. The third-order valence-corrected chi connectivity index (χ3v) is 3.85. The minimum Gasteiger partial charge on any atom is -0.379 e. The van der Waals surface area contributed by atoms with Gasteiger partial charge in [0.1, 0.15) is 0 Å². The zero-order chi connectivity index (χ0) is 14.8. The molecule has 2 N–H and O–H groups in total. The second-order valence-corrected chi connectivity index (χ2v) is 5.60. The van der Waals surface area contributed by atoms with Crippen molar-refractivity contribution in [3.63, 3.8) is 0 Å². The van der Waals surface area contributed by atoms with E-state index in [1.54, 1.807) is 0 Å². The molecule has 1 saturated heterocycles. The molecule has 0 radical (unpaired) electrons. The topological polar surface area (TPSA) is 48.9 Å². The van der Waals surface area contributed by atoms with Crippen LogP contribution < -0.4 is 10.6 Å². The molecule has 0 bridgehead atoms. The van der Waals surface area contributed by atoms with E-state index in [2.05, 4.69) is 41.3 Å². The van der Waals surface area contributed by atoms with E-state index in [4.69, 9.17) is 4.74 Å². The third-order valence-electron chi connectivity index (χ3n) is 3.85. The molecule has 118 valence electrons. The summed E-state index contributed by atoms with van der Waals surface area (Å²) in [6, 6.07) is 0.989. The predicted octanol–water partition coefficient (Wildman–Crippen LogP) is 1.45. The van der Waals surface area contributed by atoms with Gasteiger partial charge in [-0.3, -0.25) is 9.89 Å². The maximum Gasteiger partial charge on any atom is 0.191 e. The Labute approximate surface area is 124 Å². The molecular weight excluding hydrogens is 252 g/mol. The highest BCUT2D eigenvalue weighted by Crippen LogP contribution is 2.09. The summed E-state index contributed by atoms with van der Waals surface area (Å²) in [6.07, 6.45) is 3.72. The van der Waals surface area contributed by atoms with Crippen LogP contribution in [0.15, 0.2) is 4.99 Å². The van der Waals surface area contributed by atoms with Crippen molar-refractivity contribution in [3.05, 3.63) is 0 Å². The quantitative estimate of drug-likeness (QED) is 0.422. The number of guanidine groups is 1. The molecule has 0 saturated carbocycles. The summed E-state index contributed by atoms with van der Waals surface area (Å²) in [4.78, 5) is 6.77. The fourth-order valence-corrected chi connectivity index (χ4v) is 2.56. The monoisotopic (exact) mass is 284 g/mol. The van der Waals surface area contributed by atoms with Crippen LogP contribution in [0.5, 0.6) is 0 Å². The Morgan fingerprint density at radius 2 is 2.20 bits per heavy atom. The van der Waals surface area contributed by atoms with E-state index < -0.39 is 0 Å². The van der Waals surface area contributed by atoms with Crippen molar-refractivity contribution < 1.29 is 4.74 Å². The Balaban J connectivity index is 2.25. The zero-order valence-corrected chi connectivity index (χ0v) is 13.6. The molecule has 1 fully saturated rings. The summed E-state index contributed by atoms with van der Waals surface area (Å²) in [7, 11) is 1.83. The van der Waals surface area contributed by atoms with Crippen LogP contribution in [0.1, 0.15) is 40.0 Å². The Morgan fingerprint density at radius 1 is 1.40 bits per heavy atom. The molecule has 2 atom stereocenters. The summed E-state index contributed by atoms with van der Waals surface area (Å²) in [5, 5.41) is 6.79. The van der Waals surface area contributed by atoms with Gasteiger partial charge in [0.15, 0.2) is 5.96 Å². The summed E-state index contributed by atoms with van der Waals surface area (Å²) in [5.41, 5.74) is 0. The van der Waals surface area contributed by atoms with Gasteiger partial charge >= 0.3 is 0 Å². The van der Waals surface area contributed by atoms with Gasteiger partial charge in [0.2, 0.25) is 0 Å². The highest BCUT2D eigenvalue weighted by Gasteiger charge is 2.23. The lowest BCUT2D eigenvalue weighted by Crippen LogP contribution is -2.53. The van der Waals surface area contributed by atoms with Crippen LogP contribution in [-0.4, -0.2) is 62.8 Å². The summed E-state index contributed by atoms with van der Waals surface area (Å²) >= 11 is 0. The van der Waals surface area contributed by atoms with E-state index in [1.165, 1.54) is 19.3 Å². The first-order valence-electron chi connectivity index (χ1n) is 7.97. The lowest BCUT2D eigenvalue weighted by Gasteiger charge is -2.38. The lowest BCUT2D eigenvalue weighted by molar-refractivity contribution is -0.0174. The zero-order valence-electron chi connectivity index (χ0n) is 13.6. The van der Waals surface area contributed by atoms with Crippen molar-refractivity contribution in [2.24, 2.45) is 4.99 Å². The predicted molar refractivity (Wildman–Crippen MR) is 85.3 cm³/mol. The van der Waals surface area contributed by atoms with Gasteiger partial charge in [-0.05, 0) is 20.3 Å². The number of morpholine rings is 1. The fourth-order valence-electron chi connectivity index (χ4n) is 2.56. The van der Waals surface area contributed by atoms with E-state index >= 15 is 0 Å². The third kappa shape index (κ3) is 6.09. The van der Waals surface area contributed by atoms with Crippen LogP contribution in [0.3, 0.4) is 0 Å². The molecule has 5 nitrogen and oxygen atoms in total. The van der Waals surface area contributed by atoms with Gasteiger partial charge in [-0.25, -0.2) is 0 Å². The molecule has 20 heavy (non-hydrogen) atoms. The van der Waals surface area contributed by atoms with Crippen LogP contribution in [0.25, 0.3) is 0 Å². The van der Waals surface area contributed by atoms with E-state index in [0.29, 0.717) is 12.1 Å². The average molecular weight is 284 g/mol. The average Bonchev–Trinajstić information content (AvgIpc) is 2.46. The number of ether oxygens (including phenoxy) is 1. The second-order valence-electron chi connectivity index (χ2n) is 5.60. The molecule has 0 aromatic rings. The van der Waals surface area contributed by atoms with Gasteiger partial charge < -0.3 is 15.4 Å². The van der Waals surface area contributed by atoms with Crippen molar-refractivity contribution in [1.82, 2.24) is 15.5 Å². The Hall–Kier alpha value is -0.810. The summed E-state index contributed by atoms with van der Waals surface area (Å²) in [6.45, 7) is 11.3. The molecule has 0 amide bonds. The first-order chi connectivity index (χ1) is 9.69. The highest BCUT2D eigenvalue weighted by atomic mass is 16.5. The summed E-state index contributed by atoms with van der Waals surface area (Å²) in [5.74, 6) is 0.911. The molecule has 0 aromatic heterocycles. The molecule has 1 rings (SSSR count). The van der Waals surface area contributed by atoms with Crippen molar-refractivity contribution >= 4 is 5.96 Å². The van der Waals surface area contributed by atoms with Gasteiger partial charge in [0.05, 0.1) is 13.2 Å². The minimum atomic E-state index is 0.489. The highest BCUT2D eigenvalue weighted by molar-refractivity contribution is 5.79. The van der Waals surface area contributed by atoms with Gasteiger partial charge in [-0.1, -0.05) is 19.8 Å². The minimum absolute atomic E-state index is 0.489. The van der Waals surface area contributed by atoms with Crippen LogP contribution >= 0.6 is 0 Å². The number of hydrogen-bond acceptors (Lipinski definition) is 3. The molecule has 5 heteroatoms. The second kappa shape index (κ2) is 10.00. The lowest BCUT2D eigenvalue weighted by atomic mass is 10.2. The molecule has 2 unspecified atom stereocenters. The largest absolute Gasteiger partial charge is 0.379 e. The molecule has 0 aliphatic carbocycles. The van der Waals surface area contributed by atoms with Gasteiger partial charge in [0, 0.05) is 38.8 Å². The van der Waals surface area contributed by atoms with E-state index in [9.17, 15) is 0 Å². The Morgan fingerprint density at radius 3 is 2.85 bits per heavy atom. The summed E-state index contributed by atoms with van der Waals surface area (Å²) < 4.78 is 5.49. The van der Waals surface area contributed by atoms with Gasteiger partial charge in [0.25, 0.3) is 0 Å². The Bertz CT molecular complexity index is 283. The number of unbranched alkanes of at least 4 members (excludes halogenated alkanes) is 2. The van der Waals surface area contributed by atoms with Crippen molar-refractivity contribution in [2.45, 2.75) is 52.1 Å². The number of rotatable bonds is 7. The first kappa shape index (κ1) is 17.2. The van der Waals surface area contributed by atoms with Crippen LogP contribution in [0.2, 0.25) is 0 Å². The maximum atomic E-state index is 5.49. The Kier molecular flexibility index (Phi) is 8.62. The van der Waals surface area contributed by atoms with Crippen molar-refractivity contribution in [1.29, 1.82) is 0 Å². The fraction of sp³-hybridized carbons (Fsp3) is 0.933. The van der Waals surface area contributed by atoms with Crippen LogP contribution in [0, 0.1) is 0 Å². The van der Waals surface area contributed by atoms with E-state index in [-0.39, 0.29) is 0 Å². The number of aliphatic imine (C=N–C) groups is 1. The smallest absolute Gasteiger partial charge is 0.191 e. The standard InChI is InChI=1S/C15H32N4O/c1-5-6-7-8-17-15(16-4)18-11-13(2)19-9-10-20-12-14(19)3/h13-14H,5-12H2,1-4H3,(H2,16,17,18). The van der Waals surface area contributed by atoms with Crippen molar-refractivity contribution in [2.75, 3.05) is 39.9 Å². The number of nitrogens with one attached hydrogen (secondary N) is 2. The molecule has 0 aromatic carbocycles. The van der Waals surface area contributed by atoms with Crippen LogP contribution in [-0.2, 0) is 4.74 Å². The van der Waals surface area contributed by atoms with Gasteiger partial charge in [-0.15, -0.1) is 0 Å². The molecule has 1 aliphatic heterocycles. The number of hydrogen-bond donors (Lipinski definition) is 2. The number of nitrogens with zero attached hydrogens (tertiary/aromatic N) is 2. The van der Waals surface area contributed by atoms with E-state index in [0.717, 1.165) is 38.8 Å². The van der Waals surface area contributed by atoms with E-state index in [1.807, 2.05) is 7.05 Å². The first-order valence-corrected chi connectivity index (χ1v) is 7.97. The molecule has 1 heterocycles. The van der Waals surface area contributed by atoms with Crippen LogP contribution in [0.4, 0.5) is 0 Å². The SMILES string of the molecule is CCCCCNC(=NC)NCC(C)N1CCOCC1C. The molecule has 0 spiro atoms. The molecular formula is C15H32N4O. The maximum absolute atomic E-state index is 5.49.